The van der Waals surface area contributed by atoms with E-state index in [9.17, 15) is 14.4 Å². The highest BCUT2D eigenvalue weighted by Gasteiger charge is 2.21. The Morgan fingerprint density at radius 1 is 0.939 bits per heavy atom. The zero-order valence-corrected chi connectivity index (χ0v) is 19.9. The molecule has 2 N–H and O–H groups in total. The first-order chi connectivity index (χ1) is 15.5. The van der Waals surface area contributed by atoms with E-state index in [4.69, 9.17) is 14.2 Å². The lowest BCUT2D eigenvalue weighted by atomic mass is 10.0. The van der Waals surface area contributed by atoms with Crippen molar-refractivity contribution in [3.05, 3.63) is 59.7 Å². The van der Waals surface area contributed by atoms with E-state index in [-0.39, 0.29) is 18.4 Å². The van der Waals surface area contributed by atoms with Gasteiger partial charge in [0.05, 0.1) is 25.7 Å². The van der Waals surface area contributed by atoms with Crippen LogP contribution < -0.4 is 15.4 Å². The van der Waals surface area contributed by atoms with Crippen LogP contribution in [-0.2, 0) is 14.3 Å². The number of nitrogens with one attached hydrogen (secondary N) is 2. The first-order valence-electron chi connectivity index (χ1n) is 10.7. The lowest BCUT2D eigenvalue weighted by Gasteiger charge is -2.20. The number of methoxy groups -OCH3 is 1. The minimum Gasteiger partial charge on any atom is -0.497 e. The van der Waals surface area contributed by atoms with Gasteiger partial charge in [-0.2, -0.15) is 0 Å². The SMILES string of the molecule is COc1ccc([C@@H](CC(=O)OC(C)C)NC(=O)c2ccc(NC(=O)OC(C)(C)C)cc2)cc1. The van der Waals surface area contributed by atoms with Crippen LogP contribution in [0.1, 0.15) is 63.0 Å². The van der Waals surface area contributed by atoms with Crippen molar-refractivity contribution in [1.82, 2.24) is 5.32 Å². The van der Waals surface area contributed by atoms with Crippen LogP contribution in [0.2, 0.25) is 0 Å². The van der Waals surface area contributed by atoms with E-state index in [1.165, 1.54) is 0 Å². The molecule has 8 nitrogen and oxygen atoms in total. The van der Waals surface area contributed by atoms with Gasteiger partial charge in [0.1, 0.15) is 11.4 Å². The minimum absolute atomic E-state index is 0.0193. The van der Waals surface area contributed by atoms with Gasteiger partial charge in [-0.1, -0.05) is 12.1 Å². The Labute approximate surface area is 194 Å². The molecule has 0 aliphatic rings. The molecule has 8 heteroatoms. The topological polar surface area (TPSA) is 103 Å². The van der Waals surface area contributed by atoms with Gasteiger partial charge in [0.15, 0.2) is 0 Å². The molecule has 0 aromatic heterocycles. The van der Waals surface area contributed by atoms with Crippen LogP contribution in [0.5, 0.6) is 5.75 Å². The molecule has 2 rings (SSSR count). The van der Waals surface area contributed by atoms with Crippen molar-refractivity contribution in [3.63, 3.8) is 0 Å². The Morgan fingerprint density at radius 2 is 1.55 bits per heavy atom. The van der Waals surface area contributed by atoms with E-state index in [0.717, 1.165) is 5.56 Å². The summed E-state index contributed by atoms with van der Waals surface area (Å²) >= 11 is 0. The third-order valence-corrected chi connectivity index (χ3v) is 4.35. The highest BCUT2D eigenvalue weighted by molar-refractivity contribution is 5.95. The van der Waals surface area contributed by atoms with Crippen molar-refractivity contribution >= 4 is 23.7 Å². The van der Waals surface area contributed by atoms with E-state index >= 15 is 0 Å². The van der Waals surface area contributed by atoms with E-state index in [2.05, 4.69) is 10.6 Å². The molecule has 2 aromatic rings. The smallest absolute Gasteiger partial charge is 0.412 e. The molecule has 0 saturated heterocycles. The standard InChI is InChI=1S/C25H32N2O6/c1-16(2)32-22(28)15-21(17-9-13-20(31-6)14-10-17)27-23(29)18-7-11-19(12-8-18)26-24(30)33-25(3,4)5/h7-14,16,21H,15H2,1-6H3,(H,26,30)(H,27,29)/t21-/m1/s1. The van der Waals surface area contributed by atoms with Crippen LogP contribution in [0.25, 0.3) is 0 Å². The third kappa shape index (κ3) is 8.84. The number of hydrogen-bond donors (Lipinski definition) is 2. The number of anilines is 1. The Morgan fingerprint density at radius 3 is 2.06 bits per heavy atom. The summed E-state index contributed by atoms with van der Waals surface area (Å²) in [6, 6.07) is 12.9. The summed E-state index contributed by atoms with van der Waals surface area (Å²) < 4.78 is 15.7. The predicted octanol–water partition coefficient (Wildman–Crippen LogP) is 4.86. The number of esters is 1. The lowest BCUT2D eigenvalue weighted by molar-refractivity contribution is -0.147. The second-order valence-corrected chi connectivity index (χ2v) is 8.75. The number of rotatable bonds is 8. The Hall–Kier alpha value is -3.55. The summed E-state index contributed by atoms with van der Waals surface area (Å²) in [6.45, 7) is 8.86. The van der Waals surface area contributed by atoms with E-state index < -0.39 is 23.7 Å². The molecule has 0 fully saturated rings. The third-order valence-electron chi connectivity index (χ3n) is 4.35. The Bertz CT molecular complexity index is 946. The molecule has 2 aromatic carbocycles. The second kappa shape index (κ2) is 11.4. The maximum atomic E-state index is 12.9. The molecule has 0 bridgehead atoms. The van der Waals surface area contributed by atoms with E-state index in [1.807, 2.05) is 0 Å². The molecule has 0 unspecified atom stereocenters. The summed E-state index contributed by atoms with van der Waals surface area (Å²) in [5.74, 6) is -0.110. The number of hydrogen-bond acceptors (Lipinski definition) is 6. The summed E-state index contributed by atoms with van der Waals surface area (Å²) in [6.07, 6.45) is -0.855. The van der Waals surface area contributed by atoms with E-state index in [1.54, 1.807) is 90.3 Å². The zero-order valence-electron chi connectivity index (χ0n) is 19.9. The predicted molar refractivity (Wildman–Crippen MR) is 125 cm³/mol. The number of ether oxygens (including phenoxy) is 3. The largest absolute Gasteiger partial charge is 0.497 e. The van der Waals surface area contributed by atoms with Crippen LogP contribution in [0, 0.1) is 0 Å². The van der Waals surface area contributed by atoms with Gasteiger partial charge in [-0.05, 0) is 76.6 Å². The minimum atomic E-state index is -0.614. The molecule has 0 heterocycles. The molecule has 0 aliphatic carbocycles. The number of carbonyl (C=O) groups is 3. The van der Waals surface area contributed by atoms with Crippen LogP contribution in [0.4, 0.5) is 10.5 Å². The molecule has 0 aliphatic heterocycles. The Balaban J connectivity index is 2.12. The normalized spacial score (nSPS) is 12.0. The first-order valence-corrected chi connectivity index (χ1v) is 10.7. The van der Waals surface area contributed by atoms with Crippen molar-refractivity contribution in [3.8, 4) is 5.75 Å². The highest BCUT2D eigenvalue weighted by atomic mass is 16.6. The van der Waals surface area contributed by atoms with Crippen LogP contribution >= 0.6 is 0 Å². The van der Waals surface area contributed by atoms with Gasteiger partial charge < -0.3 is 19.5 Å². The molecule has 0 spiro atoms. The summed E-state index contributed by atoms with van der Waals surface area (Å²) in [5, 5.41) is 5.51. The van der Waals surface area contributed by atoms with Crippen molar-refractivity contribution in [2.24, 2.45) is 0 Å². The average molecular weight is 457 g/mol. The summed E-state index contributed by atoms with van der Waals surface area (Å²) in [4.78, 5) is 37.1. The van der Waals surface area contributed by atoms with Gasteiger partial charge in [0.25, 0.3) is 5.91 Å². The van der Waals surface area contributed by atoms with Crippen molar-refractivity contribution < 1.29 is 28.6 Å². The molecular formula is C25H32N2O6. The quantitative estimate of drug-likeness (QED) is 0.550. The summed E-state index contributed by atoms with van der Waals surface area (Å²) in [7, 11) is 1.57. The van der Waals surface area contributed by atoms with Gasteiger partial charge in [-0.15, -0.1) is 0 Å². The zero-order chi connectivity index (χ0) is 24.6. The number of carbonyl (C=O) groups excluding carboxylic acids is 3. The van der Waals surface area contributed by atoms with Gasteiger partial charge in [0.2, 0.25) is 0 Å². The fourth-order valence-corrected chi connectivity index (χ4v) is 2.93. The van der Waals surface area contributed by atoms with Gasteiger partial charge in [-0.25, -0.2) is 4.79 Å². The maximum Gasteiger partial charge on any atom is 0.412 e. The molecular weight excluding hydrogens is 424 g/mol. The van der Waals surface area contributed by atoms with Crippen molar-refractivity contribution in [2.75, 3.05) is 12.4 Å². The van der Waals surface area contributed by atoms with Gasteiger partial charge in [-0.3, -0.25) is 14.9 Å². The summed E-state index contributed by atoms with van der Waals surface area (Å²) in [5.41, 5.74) is 0.999. The first kappa shape index (κ1) is 25.7. The average Bonchev–Trinajstić information content (AvgIpc) is 2.71. The van der Waals surface area contributed by atoms with Crippen molar-refractivity contribution in [2.45, 2.75) is 58.8 Å². The number of benzene rings is 2. The second-order valence-electron chi connectivity index (χ2n) is 8.75. The monoisotopic (exact) mass is 456 g/mol. The highest BCUT2D eigenvalue weighted by Crippen LogP contribution is 2.22. The van der Waals surface area contributed by atoms with E-state index in [0.29, 0.717) is 17.0 Å². The molecule has 178 valence electrons. The molecule has 0 radical (unpaired) electrons. The van der Waals surface area contributed by atoms with Crippen LogP contribution in [0.3, 0.4) is 0 Å². The fraction of sp³-hybridized carbons (Fsp3) is 0.400. The molecule has 33 heavy (non-hydrogen) atoms. The van der Waals surface area contributed by atoms with Crippen molar-refractivity contribution in [1.29, 1.82) is 0 Å². The molecule has 1 atom stereocenters. The Kier molecular flexibility index (Phi) is 8.85. The fourth-order valence-electron chi connectivity index (χ4n) is 2.93. The van der Waals surface area contributed by atoms with Gasteiger partial charge in [0, 0.05) is 11.3 Å². The van der Waals surface area contributed by atoms with Crippen LogP contribution in [0.15, 0.2) is 48.5 Å². The number of amides is 2. The van der Waals surface area contributed by atoms with Gasteiger partial charge >= 0.3 is 12.1 Å². The molecule has 0 saturated carbocycles. The maximum absolute atomic E-state index is 12.9. The molecule has 2 amide bonds. The lowest BCUT2D eigenvalue weighted by Crippen LogP contribution is -2.31. The van der Waals surface area contributed by atoms with Crippen LogP contribution in [-0.4, -0.2) is 36.8 Å².